The highest BCUT2D eigenvalue weighted by Gasteiger charge is 2.32. The molecule has 0 aliphatic rings. The van der Waals surface area contributed by atoms with Crippen LogP contribution in [0.3, 0.4) is 0 Å². The van der Waals surface area contributed by atoms with Crippen molar-refractivity contribution in [1.82, 2.24) is 4.98 Å². The summed E-state index contributed by atoms with van der Waals surface area (Å²) in [6.45, 7) is 1.52. The lowest BCUT2D eigenvalue weighted by Crippen LogP contribution is -2.17. The van der Waals surface area contributed by atoms with E-state index in [-0.39, 0.29) is 35.1 Å². The van der Waals surface area contributed by atoms with E-state index >= 15 is 0 Å². The van der Waals surface area contributed by atoms with Gasteiger partial charge in [0.05, 0.1) is 12.2 Å². The van der Waals surface area contributed by atoms with E-state index in [9.17, 15) is 31.1 Å². The molecule has 0 atom stereocenters. The molecule has 5 nitrogen and oxygen atoms in total. The number of carbonyl (C=O) groups is 1. The second-order valence-corrected chi connectivity index (χ2v) is 6.07. The maximum atomic E-state index is 12.8. The summed E-state index contributed by atoms with van der Waals surface area (Å²) >= 11 is 0. The number of hydrogen-bond acceptors (Lipinski definition) is 5. The quantitative estimate of drug-likeness (QED) is 0.351. The number of halogens is 6. The molecule has 3 aromatic rings. The summed E-state index contributed by atoms with van der Waals surface area (Å²) in [7, 11) is 0. The normalized spacial score (nSPS) is 12.0. The second-order valence-electron chi connectivity index (χ2n) is 6.07. The third kappa shape index (κ3) is 5.36. The minimum absolute atomic E-state index is 0.0159. The lowest BCUT2D eigenvalue weighted by molar-refractivity contribution is -0.274. The van der Waals surface area contributed by atoms with Gasteiger partial charge in [0.25, 0.3) is 0 Å². The van der Waals surface area contributed by atoms with Crippen LogP contribution in [0.1, 0.15) is 23.0 Å². The highest BCUT2D eigenvalue weighted by Crippen LogP contribution is 2.35. The molecular weight excluding hydrogens is 432 g/mol. The van der Waals surface area contributed by atoms with Crippen molar-refractivity contribution in [3.05, 3.63) is 59.8 Å². The van der Waals surface area contributed by atoms with Gasteiger partial charge in [-0.15, -0.1) is 13.2 Å². The van der Waals surface area contributed by atoms with Crippen LogP contribution in [-0.2, 0) is 10.9 Å². The van der Waals surface area contributed by atoms with Crippen molar-refractivity contribution in [2.75, 3.05) is 6.61 Å². The topological polar surface area (TPSA) is 61.6 Å². The van der Waals surface area contributed by atoms with Gasteiger partial charge in [-0.3, -0.25) is 0 Å². The fourth-order valence-electron chi connectivity index (χ4n) is 2.61. The summed E-state index contributed by atoms with van der Waals surface area (Å²) in [4.78, 5) is 16.3. The van der Waals surface area contributed by atoms with E-state index in [4.69, 9.17) is 9.15 Å². The highest BCUT2D eigenvalue weighted by molar-refractivity contribution is 5.94. The first-order valence-electron chi connectivity index (χ1n) is 8.69. The molecule has 0 aliphatic heterocycles. The number of nitrogens with zero attached hydrogens (tertiary/aromatic N) is 1. The van der Waals surface area contributed by atoms with E-state index < -0.39 is 29.8 Å². The fraction of sp³-hybridized carbons (Fsp3) is 0.200. The number of carbonyl (C=O) groups excluding carboxylic acids is 1. The van der Waals surface area contributed by atoms with Gasteiger partial charge in [-0.2, -0.15) is 13.2 Å². The smallest absolute Gasteiger partial charge is 0.461 e. The Labute approximate surface area is 171 Å². The Morgan fingerprint density at radius 1 is 1.00 bits per heavy atom. The average Bonchev–Trinajstić information content (AvgIpc) is 3.12. The third-order valence-corrected chi connectivity index (χ3v) is 3.88. The van der Waals surface area contributed by atoms with Gasteiger partial charge in [-0.25, -0.2) is 9.78 Å². The van der Waals surface area contributed by atoms with Gasteiger partial charge in [0, 0.05) is 11.1 Å². The maximum Gasteiger partial charge on any atom is 0.573 e. The van der Waals surface area contributed by atoms with E-state index in [0.717, 1.165) is 36.4 Å². The third-order valence-electron chi connectivity index (χ3n) is 3.88. The Hall–Kier alpha value is -3.50. The molecule has 1 heterocycles. The molecule has 0 aliphatic carbocycles. The van der Waals surface area contributed by atoms with E-state index in [1.54, 1.807) is 0 Å². The first-order chi connectivity index (χ1) is 14.5. The number of aromatic nitrogens is 1. The predicted molar refractivity (Wildman–Crippen MR) is 95.0 cm³/mol. The van der Waals surface area contributed by atoms with E-state index in [0.29, 0.717) is 0 Å². The fourth-order valence-corrected chi connectivity index (χ4v) is 2.61. The monoisotopic (exact) mass is 445 g/mol. The number of alkyl halides is 6. The van der Waals surface area contributed by atoms with Gasteiger partial charge < -0.3 is 13.9 Å². The van der Waals surface area contributed by atoms with Crippen LogP contribution in [0.25, 0.3) is 22.8 Å². The summed E-state index contributed by atoms with van der Waals surface area (Å²) in [6, 6.07) is 8.42. The number of ether oxygens (including phenoxy) is 2. The van der Waals surface area contributed by atoms with Crippen molar-refractivity contribution in [1.29, 1.82) is 0 Å². The molecule has 0 unspecified atom stereocenters. The molecule has 0 amide bonds. The minimum atomic E-state index is -4.94. The van der Waals surface area contributed by atoms with Crippen LogP contribution in [-0.4, -0.2) is 23.9 Å². The summed E-state index contributed by atoms with van der Waals surface area (Å²) in [5, 5.41) is 0. The van der Waals surface area contributed by atoms with Crippen molar-refractivity contribution in [3.63, 3.8) is 0 Å². The second kappa shape index (κ2) is 8.32. The molecule has 1 aromatic heterocycles. The first-order valence-corrected chi connectivity index (χ1v) is 8.69. The summed E-state index contributed by atoms with van der Waals surface area (Å²) in [6.07, 6.45) is -9.48. The summed E-state index contributed by atoms with van der Waals surface area (Å²) in [5.41, 5.74) is -1.10. The Morgan fingerprint density at radius 2 is 1.68 bits per heavy atom. The molecule has 3 rings (SSSR count). The summed E-state index contributed by atoms with van der Waals surface area (Å²) < 4.78 is 90.1. The zero-order valence-corrected chi connectivity index (χ0v) is 15.7. The van der Waals surface area contributed by atoms with Crippen LogP contribution in [0.5, 0.6) is 5.75 Å². The molecule has 0 spiro atoms. The molecule has 0 N–H and O–H groups in total. The lowest BCUT2D eigenvalue weighted by Gasteiger charge is -2.09. The maximum absolute atomic E-state index is 12.8. The predicted octanol–water partition coefficient (Wildman–Crippen LogP) is 6.10. The number of hydrogen-bond donors (Lipinski definition) is 0. The molecule has 0 fully saturated rings. The van der Waals surface area contributed by atoms with Crippen LogP contribution in [0.4, 0.5) is 26.3 Å². The van der Waals surface area contributed by atoms with Crippen LogP contribution in [0, 0.1) is 0 Å². The van der Waals surface area contributed by atoms with Crippen molar-refractivity contribution in [3.8, 4) is 28.5 Å². The number of benzene rings is 2. The molecule has 31 heavy (non-hydrogen) atoms. The minimum Gasteiger partial charge on any atom is -0.461 e. The first kappa shape index (κ1) is 22.2. The highest BCUT2D eigenvalue weighted by atomic mass is 19.4. The van der Waals surface area contributed by atoms with Crippen molar-refractivity contribution < 1.29 is 45.0 Å². The van der Waals surface area contributed by atoms with Gasteiger partial charge in [0.15, 0.2) is 11.5 Å². The van der Waals surface area contributed by atoms with Crippen LogP contribution in [0.15, 0.2) is 52.9 Å². The van der Waals surface area contributed by atoms with Gasteiger partial charge in [-0.1, -0.05) is 12.1 Å². The Bertz CT molecular complexity index is 1070. The lowest BCUT2D eigenvalue weighted by atomic mass is 10.1. The van der Waals surface area contributed by atoms with E-state index in [1.807, 2.05) is 0 Å². The van der Waals surface area contributed by atoms with Crippen molar-refractivity contribution >= 4 is 5.97 Å². The van der Waals surface area contributed by atoms with E-state index in [1.165, 1.54) is 19.1 Å². The molecule has 164 valence electrons. The van der Waals surface area contributed by atoms with Gasteiger partial charge >= 0.3 is 18.5 Å². The zero-order chi connectivity index (χ0) is 22.8. The number of oxazole rings is 1. The molecule has 0 bridgehead atoms. The Kier molecular flexibility index (Phi) is 5.96. The van der Waals surface area contributed by atoms with Crippen LogP contribution in [0.2, 0.25) is 0 Å². The average molecular weight is 445 g/mol. The SMILES string of the molecule is CCOC(=O)c1nc(-c2ccc(C(F)(F)F)cc2)oc1-c1cccc(OC(F)(F)F)c1. The van der Waals surface area contributed by atoms with Crippen LogP contribution < -0.4 is 4.74 Å². The summed E-state index contributed by atoms with van der Waals surface area (Å²) in [5.74, 6) is -1.91. The largest absolute Gasteiger partial charge is 0.573 e. The molecule has 0 saturated heterocycles. The molecule has 0 radical (unpaired) electrons. The molecule has 2 aromatic carbocycles. The van der Waals surface area contributed by atoms with Crippen molar-refractivity contribution in [2.24, 2.45) is 0 Å². The molecule has 11 heteroatoms. The molecular formula is C20H13F6NO4. The van der Waals surface area contributed by atoms with Gasteiger partial charge in [0.1, 0.15) is 5.75 Å². The Balaban J connectivity index is 2.05. The van der Waals surface area contributed by atoms with E-state index in [2.05, 4.69) is 9.72 Å². The Morgan fingerprint density at radius 3 is 2.26 bits per heavy atom. The van der Waals surface area contributed by atoms with Gasteiger partial charge in [-0.05, 0) is 43.3 Å². The number of esters is 1. The van der Waals surface area contributed by atoms with Crippen molar-refractivity contribution in [2.45, 2.75) is 19.5 Å². The molecule has 0 saturated carbocycles. The zero-order valence-electron chi connectivity index (χ0n) is 15.7. The standard InChI is InChI=1S/C20H13F6NO4/c1-2-29-18(28)15-16(12-4-3-5-14(10-12)31-20(24,25)26)30-17(27-15)11-6-8-13(9-7-11)19(21,22)23/h3-10H,2H2,1H3. The number of rotatable bonds is 5. The van der Waals surface area contributed by atoms with Gasteiger partial charge in [0.2, 0.25) is 5.89 Å². The van der Waals surface area contributed by atoms with Crippen LogP contribution >= 0.6 is 0 Å².